The van der Waals surface area contributed by atoms with Crippen molar-refractivity contribution in [1.82, 2.24) is 0 Å². The number of epoxide rings is 1. The summed E-state index contributed by atoms with van der Waals surface area (Å²) in [5.41, 5.74) is 0.842. The van der Waals surface area contributed by atoms with E-state index in [1.807, 2.05) is 6.92 Å². The van der Waals surface area contributed by atoms with Crippen LogP contribution in [0.5, 0.6) is 0 Å². The second-order valence-corrected chi connectivity index (χ2v) is 4.85. The van der Waals surface area contributed by atoms with Crippen molar-refractivity contribution >= 4 is 5.78 Å². The van der Waals surface area contributed by atoms with Gasteiger partial charge in [-0.05, 0) is 6.42 Å². The van der Waals surface area contributed by atoms with Gasteiger partial charge in [0.25, 0.3) is 0 Å². The quantitative estimate of drug-likeness (QED) is 0.639. The molecule has 2 N–H and O–H groups in total. The maximum absolute atomic E-state index is 11.9. The number of hydrogen-bond acceptors (Lipinski definition) is 5. The van der Waals surface area contributed by atoms with Gasteiger partial charge in [-0.15, -0.1) is 0 Å². The van der Waals surface area contributed by atoms with Crippen LogP contribution in [-0.2, 0) is 14.3 Å². The minimum absolute atomic E-state index is 0.135. The lowest BCUT2D eigenvalue weighted by Gasteiger charge is -2.35. The van der Waals surface area contributed by atoms with Crippen molar-refractivity contribution in [3.8, 4) is 0 Å². The first-order chi connectivity index (χ1) is 8.15. The minimum atomic E-state index is -0.886. The topological polar surface area (TPSA) is 79.3 Å². The molecule has 1 aliphatic carbocycles. The van der Waals surface area contributed by atoms with Gasteiger partial charge in [-0.25, -0.2) is 0 Å². The Bertz CT molecular complexity index is 388. The van der Waals surface area contributed by atoms with Gasteiger partial charge in [-0.2, -0.15) is 0 Å². The fraction of sp³-hybridized carbons (Fsp3) is 0.750. The van der Waals surface area contributed by atoms with Crippen LogP contribution in [0.3, 0.4) is 0 Å². The van der Waals surface area contributed by atoms with Crippen LogP contribution in [-0.4, -0.2) is 53.1 Å². The Balaban J connectivity index is 1.92. The average molecular weight is 240 g/mol. The second kappa shape index (κ2) is 3.88. The molecule has 5 nitrogen and oxygen atoms in total. The minimum Gasteiger partial charge on any atom is -0.386 e. The van der Waals surface area contributed by atoms with Crippen LogP contribution < -0.4 is 0 Å². The molecule has 2 aliphatic heterocycles. The zero-order valence-electron chi connectivity index (χ0n) is 9.63. The Kier molecular flexibility index (Phi) is 2.59. The highest BCUT2D eigenvalue weighted by atomic mass is 16.6. The van der Waals surface area contributed by atoms with Gasteiger partial charge in [-0.1, -0.05) is 13.3 Å². The van der Waals surface area contributed by atoms with Crippen LogP contribution in [0.4, 0.5) is 0 Å². The Hall–Kier alpha value is -0.750. The maximum atomic E-state index is 11.9. The van der Waals surface area contributed by atoms with Gasteiger partial charge < -0.3 is 19.7 Å². The fourth-order valence-corrected chi connectivity index (χ4v) is 2.76. The molecular weight excluding hydrogens is 224 g/mol. The predicted octanol–water partition coefficient (Wildman–Crippen LogP) is -0.446. The normalized spacial score (nSPS) is 44.4. The fourth-order valence-electron chi connectivity index (χ4n) is 2.76. The van der Waals surface area contributed by atoms with Gasteiger partial charge in [0, 0.05) is 11.1 Å². The van der Waals surface area contributed by atoms with Gasteiger partial charge >= 0.3 is 0 Å². The predicted molar refractivity (Wildman–Crippen MR) is 57.4 cm³/mol. The lowest BCUT2D eigenvalue weighted by atomic mass is 9.82. The Morgan fingerprint density at radius 3 is 2.82 bits per heavy atom. The summed E-state index contributed by atoms with van der Waals surface area (Å²) in [5, 5.41) is 20.2. The van der Waals surface area contributed by atoms with Crippen molar-refractivity contribution in [1.29, 1.82) is 0 Å². The van der Waals surface area contributed by atoms with Crippen LogP contribution in [0.25, 0.3) is 0 Å². The van der Waals surface area contributed by atoms with Crippen LogP contribution in [0.15, 0.2) is 11.1 Å². The summed E-state index contributed by atoms with van der Waals surface area (Å²) in [5.74, 6) is -0.135. The smallest absolute Gasteiger partial charge is 0.192 e. The van der Waals surface area contributed by atoms with E-state index in [9.17, 15) is 15.0 Å². The van der Waals surface area contributed by atoms with E-state index < -0.39 is 24.4 Å². The molecule has 3 aliphatic rings. The van der Waals surface area contributed by atoms with Gasteiger partial charge in [0.2, 0.25) is 0 Å². The van der Waals surface area contributed by atoms with Crippen molar-refractivity contribution in [2.75, 3.05) is 6.61 Å². The summed E-state index contributed by atoms with van der Waals surface area (Å²) in [6.45, 7) is 2.18. The van der Waals surface area contributed by atoms with Crippen LogP contribution in [0.2, 0.25) is 0 Å². The lowest BCUT2D eigenvalue weighted by molar-refractivity contribution is -0.120. The molecule has 2 unspecified atom stereocenters. The van der Waals surface area contributed by atoms with Gasteiger partial charge in [0.1, 0.15) is 24.4 Å². The van der Waals surface area contributed by atoms with E-state index in [0.29, 0.717) is 17.6 Å². The molecule has 0 amide bonds. The van der Waals surface area contributed by atoms with Gasteiger partial charge in [-0.3, -0.25) is 4.79 Å². The monoisotopic (exact) mass is 240 g/mol. The first-order valence-corrected chi connectivity index (χ1v) is 6.05. The third-order valence-electron chi connectivity index (χ3n) is 3.75. The van der Waals surface area contributed by atoms with Crippen molar-refractivity contribution in [2.24, 2.45) is 0 Å². The lowest BCUT2D eigenvalue weighted by Crippen LogP contribution is -2.46. The zero-order valence-corrected chi connectivity index (χ0v) is 9.63. The third kappa shape index (κ3) is 1.57. The molecule has 0 aromatic heterocycles. The molecule has 0 saturated carbocycles. The van der Waals surface area contributed by atoms with Gasteiger partial charge in [0.05, 0.1) is 12.7 Å². The van der Waals surface area contributed by atoms with Crippen molar-refractivity contribution < 1.29 is 24.5 Å². The highest BCUT2D eigenvalue weighted by molar-refractivity contribution is 6.03. The van der Waals surface area contributed by atoms with Crippen molar-refractivity contribution in [3.05, 3.63) is 11.1 Å². The Labute approximate surface area is 99.0 Å². The molecule has 17 heavy (non-hydrogen) atoms. The van der Waals surface area contributed by atoms with E-state index in [1.165, 1.54) is 0 Å². The number of fused-ring (bicyclic) bond motifs is 1. The molecule has 1 saturated heterocycles. The zero-order chi connectivity index (χ0) is 12.2. The first-order valence-electron chi connectivity index (χ1n) is 6.05. The summed E-state index contributed by atoms with van der Waals surface area (Å²) in [4.78, 5) is 11.9. The molecule has 5 atom stereocenters. The van der Waals surface area contributed by atoms with Crippen LogP contribution in [0.1, 0.15) is 19.8 Å². The number of Topliss-reactive ketones (excluding diaryl/α,β-unsaturated/α-hetero) is 1. The van der Waals surface area contributed by atoms with Gasteiger partial charge in [0.15, 0.2) is 5.78 Å². The second-order valence-electron chi connectivity index (χ2n) is 4.85. The van der Waals surface area contributed by atoms with E-state index in [1.54, 1.807) is 0 Å². The highest BCUT2D eigenvalue weighted by Gasteiger charge is 2.58. The highest BCUT2D eigenvalue weighted by Crippen LogP contribution is 2.41. The van der Waals surface area contributed by atoms with Crippen molar-refractivity contribution in [3.63, 3.8) is 0 Å². The van der Waals surface area contributed by atoms with E-state index in [0.717, 1.165) is 6.42 Å². The van der Waals surface area contributed by atoms with E-state index in [-0.39, 0.29) is 18.5 Å². The number of aliphatic hydroxyl groups excluding tert-OH is 2. The molecular formula is C12H16O5. The first kappa shape index (κ1) is 11.3. The summed E-state index contributed by atoms with van der Waals surface area (Å²) >= 11 is 0. The molecule has 0 aromatic rings. The molecule has 2 heterocycles. The summed E-state index contributed by atoms with van der Waals surface area (Å²) in [6, 6.07) is 0. The summed E-state index contributed by atoms with van der Waals surface area (Å²) in [7, 11) is 0. The SMILES string of the molecule is CCC[C@H]1OCC2=C([C@H](O)C3OC3C2=O)[C@@H]1O. The number of aliphatic hydroxyl groups is 2. The summed E-state index contributed by atoms with van der Waals surface area (Å²) in [6.07, 6.45) is -1.42. The Morgan fingerprint density at radius 1 is 1.35 bits per heavy atom. The van der Waals surface area contributed by atoms with E-state index in [2.05, 4.69) is 0 Å². The van der Waals surface area contributed by atoms with E-state index in [4.69, 9.17) is 9.47 Å². The van der Waals surface area contributed by atoms with Crippen LogP contribution in [0, 0.1) is 0 Å². The molecule has 0 aromatic carbocycles. The number of ether oxygens (including phenoxy) is 2. The number of carbonyl (C=O) groups is 1. The van der Waals surface area contributed by atoms with Crippen LogP contribution >= 0.6 is 0 Å². The number of ketones is 1. The molecule has 3 rings (SSSR count). The Morgan fingerprint density at radius 2 is 2.12 bits per heavy atom. The molecule has 5 heteroatoms. The number of hydrogen-bond donors (Lipinski definition) is 2. The molecule has 0 bridgehead atoms. The largest absolute Gasteiger partial charge is 0.386 e. The summed E-state index contributed by atoms with van der Waals surface area (Å²) < 4.78 is 10.6. The number of rotatable bonds is 2. The number of carbonyl (C=O) groups excluding carboxylic acids is 1. The standard InChI is InChI=1S/C12H16O5/c1-2-3-6-9(14)7-5(4-16-6)8(13)11-12(17-11)10(7)15/h6,9-12,14-15H,2-4H2,1H3/t6-,9-,10+,11?,12?/m1/s1. The van der Waals surface area contributed by atoms with Crippen molar-refractivity contribution in [2.45, 2.75) is 50.3 Å². The molecule has 0 radical (unpaired) electrons. The van der Waals surface area contributed by atoms with E-state index >= 15 is 0 Å². The molecule has 0 spiro atoms. The maximum Gasteiger partial charge on any atom is 0.192 e. The molecule has 94 valence electrons. The third-order valence-corrected chi connectivity index (χ3v) is 3.75. The average Bonchev–Trinajstić information content (AvgIpc) is 3.09. The molecule has 1 fully saturated rings.